The molecule has 20 heavy (non-hydrogen) atoms. The van der Waals surface area contributed by atoms with Gasteiger partial charge < -0.3 is 19.9 Å². The zero-order chi connectivity index (χ0) is 14.8. The van der Waals surface area contributed by atoms with E-state index in [0.717, 1.165) is 5.82 Å². The number of amides is 2. The largest absolute Gasteiger partial charge is 0.481 e. The summed E-state index contributed by atoms with van der Waals surface area (Å²) in [6.45, 7) is 3.11. The highest BCUT2D eigenvalue weighted by Gasteiger charge is 2.38. The molecule has 1 aromatic heterocycles. The van der Waals surface area contributed by atoms with Crippen molar-refractivity contribution in [3.05, 3.63) is 18.2 Å². The minimum atomic E-state index is -0.784. The van der Waals surface area contributed by atoms with Crippen LogP contribution in [-0.2, 0) is 11.3 Å². The molecule has 0 atom stereocenters. The fraction of sp³-hybridized carbons (Fsp3) is 0.615. The van der Waals surface area contributed by atoms with Crippen LogP contribution in [0.5, 0.6) is 0 Å². The lowest BCUT2D eigenvalue weighted by Gasteiger charge is -2.37. The highest BCUT2D eigenvalue weighted by Crippen LogP contribution is 2.31. The van der Waals surface area contributed by atoms with Crippen LogP contribution in [0.15, 0.2) is 12.4 Å². The van der Waals surface area contributed by atoms with Crippen molar-refractivity contribution in [2.75, 3.05) is 20.1 Å². The highest BCUT2D eigenvalue weighted by molar-refractivity contribution is 5.76. The summed E-state index contributed by atoms with van der Waals surface area (Å²) < 4.78 is 0. The molecule has 7 heteroatoms. The van der Waals surface area contributed by atoms with Gasteiger partial charge in [-0.05, 0) is 19.8 Å². The van der Waals surface area contributed by atoms with E-state index in [0.29, 0.717) is 32.5 Å². The molecular formula is C13H20N4O3. The number of rotatable bonds is 3. The van der Waals surface area contributed by atoms with Crippen molar-refractivity contribution >= 4 is 12.0 Å². The number of nitrogens with one attached hydrogen (secondary N) is 1. The lowest BCUT2D eigenvalue weighted by molar-refractivity contribution is -0.150. The van der Waals surface area contributed by atoms with E-state index in [1.54, 1.807) is 36.2 Å². The van der Waals surface area contributed by atoms with Gasteiger partial charge in [-0.2, -0.15) is 0 Å². The lowest BCUT2D eigenvalue weighted by Crippen LogP contribution is -2.49. The molecule has 0 aliphatic carbocycles. The van der Waals surface area contributed by atoms with Crippen LogP contribution in [0.4, 0.5) is 4.79 Å². The molecule has 2 heterocycles. The van der Waals surface area contributed by atoms with Gasteiger partial charge in [0.25, 0.3) is 0 Å². The summed E-state index contributed by atoms with van der Waals surface area (Å²) in [6.07, 6.45) is 4.34. The first-order valence-corrected chi connectivity index (χ1v) is 6.64. The summed E-state index contributed by atoms with van der Waals surface area (Å²) in [5, 5.41) is 9.18. The lowest BCUT2D eigenvalue weighted by atomic mass is 9.80. The summed E-state index contributed by atoms with van der Waals surface area (Å²) in [7, 11) is 1.72. The number of H-pyrrole nitrogens is 1. The molecule has 0 aromatic carbocycles. The number of aromatic amines is 1. The fourth-order valence-corrected chi connectivity index (χ4v) is 2.32. The van der Waals surface area contributed by atoms with Crippen molar-refractivity contribution in [1.29, 1.82) is 0 Å². The Bertz CT molecular complexity index is 478. The maximum atomic E-state index is 12.3. The van der Waals surface area contributed by atoms with E-state index >= 15 is 0 Å². The molecule has 0 spiro atoms. The predicted octanol–water partition coefficient (Wildman–Crippen LogP) is 1.15. The SMILES string of the molecule is CN(Cc1ncc[nH]1)C(=O)N1CCC(C)(C(=O)O)CC1. The van der Waals surface area contributed by atoms with Crippen LogP contribution in [0.25, 0.3) is 0 Å². The van der Waals surface area contributed by atoms with Gasteiger partial charge in [0.2, 0.25) is 0 Å². The first-order chi connectivity index (χ1) is 9.42. The number of aromatic nitrogens is 2. The predicted molar refractivity (Wildman–Crippen MR) is 72.0 cm³/mol. The normalized spacial score (nSPS) is 17.8. The number of carbonyl (C=O) groups is 2. The number of carboxylic acid groups (broad SMARTS) is 1. The van der Waals surface area contributed by atoms with Gasteiger partial charge in [0, 0.05) is 32.5 Å². The maximum absolute atomic E-state index is 12.3. The topological polar surface area (TPSA) is 89.5 Å². The second-order valence-corrected chi connectivity index (χ2v) is 5.53. The Morgan fingerprint density at radius 1 is 1.50 bits per heavy atom. The minimum absolute atomic E-state index is 0.0890. The quantitative estimate of drug-likeness (QED) is 0.869. The Hall–Kier alpha value is -2.05. The molecule has 2 N–H and O–H groups in total. The van der Waals surface area contributed by atoms with Crippen LogP contribution in [0.3, 0.4) is 0 Å². The monoisotopic (exact) mass is 280 g/mol. The Morgan fingerprint density at radius 3 is 2.65 bits per heavy atom. The highest BCUT2D eigenvalue weighted by atomic mass is 16.4. The second-order valence-electron chi connectivity index (χ2n) is 5.53. The van der Waals surface area contributed by atoms with Crippen molar-refractivity contribution in [2.24, 2.45) is 5.41 Å². The Balaban J connectivity index is 1.90. The number of carbonyl (C=O) groups excluding carboxylic acids is 1. The fourth-order valence-electron chi connectivity index (χ4n) is 2.32. The van der Waals surface area contributed by atoms with Crippen molar-refractivity contribution in [3.8, 4) is 0 Å². The molecule has 0 radical (unpaired) electrons. The maximum Gasteiger partial charge on any atom is 0.320 e. The third kappa shape index (κ3) is 2.92. The van der Waals surface area contributed by atoms with Crippen LogP contribution in [0.2, 0.25) is 0 Å². The Morgan fingerprint density at radius 2 is 2.15 bits per heavy atom. The molecule has 2 rings (SSSR count). The molecule has 2 amide bonds. The number of nitrogens with zero attached hydrogens (tertiary/aromatic N) is 3. The molecule has 0 unspecified atom stereocenters. The zero-order valence-electron chi connectivity index (χ0n) is 11.8. The number of urea groups is 1. The third-order valence-corrected chi connectivity index (χ3v) is 3.92. The van der Waals surface area contributed by atoms with Crippen LogP contribution in [0.1, 0.15) is 25.6 Å². The van der Waals surface area contributed by atoms with E-state index in [2.05, 4.69) is 9.97 Å². The summed E-state index contributed by atoms with van der Waals surface area (Å²) in [5.41, 5.74) is -0.712. The molecule has 0 bridgehead atoms. The van der Waals surface area contributed by atoms with Gasteiger partial charge in [0.15, 0.2) is 0 Å². The zero-order valence-corrected chi connectivity index (χ0v) is 11.8. The van der Waals surface area contributed by atoms with Crippen LogP contribution >= 0.6 is 0 Å². The molecule has 1 saturated heterocycles. The van der Waals surface area contributed by atoms with E-state index < -0.39 is 11.4 Å². The first-order valence-electron chi connectivity index (χ1n) is 6.64. The molecule has 1 fully saturated rings. The van der Waals surface area contributed by atoms with Gasteiger partial charge in [-0.25, -0.2) is 9.78 Å². The number of aliphatic carboxylic acids is 1. The van der Waals surface area contributed by atoms with Gasteiger partial charge in [-0.3, -0.25) is 4.79 Å². The summed E-state index contributed by atoms with van der Waals surface area (Å²) >= 11 is 0. The number of likely N-dealkylation sites (tertiary alicyclic amines) is 1. The van der Waals surface area contributed by atoms with Crippen molar-refractivity contribution in [3.63, 3.8) is 0 Å². The van der Waals surface area contributed by atoms with Gasteiger partial charge in [-0.1, -0.05) is 0 Å². The van der Waals surface area contributed by atoms with Crippen LogP contribution in [-0.4, -0.2) is 57.0 Å². The second kappa shape index (κ2) is 5.52. The van der Waals surface area contributed by atoms with E-state index in [9.17, 15) is 14.7 Å². The average molecular weight is 280 g/mol. The minimum Gasteiger partial charge on any atom is -0.481 e. The number of imidazole rings is 1. The molecular weight excluding hydrogens is 260 g/mol. The van der Waals surface area contributed by atoms with E-state index in [-0.39, 0.29) is 6.03 Å². The smallest absolute Gasteiger partial charge is 0.320 e. The van der Waals surface area contributed by atoms with Gasteiger partial charge in [0.05, 0.1) is 12.0 Å². The Kier molecular flexibility index (Phi) is 3.96. The van der Waals surface area contributed by atoms with Crippen LogP contribution in [0, 0.1) is 5.41 Å². The number of hydrogen-bond acceptors (Lipinski definition) is 3. The Labute approximate surface area is 117 Å². The first kappa shape index (κ1) is 14.4. The van der Waals surface area contributed by atoms with E-state index in [4.69, 9.17) is 0 Å². The molecule has 1 aliphatic rings. The molecule has 7 nitrogen and oxygen atoms in total. The summed E-state index contributed by atoms with van der Waals surface area (Å²) in [6, 6.07) is -0.0890. The van der Waals surface area contributed by atoms with Gasteiger partial charge >= 0.3 is 12.0 Å². The summed E-state index contributed by atoms with van der Waals surface area (Å²) in [4.78, 5) is 33.8. The standard InChI is InChI=1S/C13H20N4O3/c1-13(11(18)19)3-7-17(8-4-13)12(20)16(2)9-10-14-5-6-15-10/h5-6H,3-4,7-9H2,1-2H3,(H,14,15)(H,18,19). The molecule has 110 valence electrons. The van der Waals surface area contributed by atoms with Gasteiger partial charge in [0.1, 0.15) is 5.82 Å². The number of carboxylic acids is 1. The van der Waals surface area contributed by atoms with Crippen molar-refractivity contribution < 1.29 is 14.7 Å². The molecule has 0 saturated carbocycles. The molecule has 1 aliphatic heterocycles. The number of piperidine rings is 1. The van der Waals surface area contributed by atoms with Crippen molar-refractivity contribution in [1.82, 2.24) is 19.8 Å². The average Bonchev–Trinajstić information content (AvgIpc) is 2.91. The summed E-state index contributed by atoms with van der Waals surface area (Å²) in [5.74, 6) is -0.0539. The number of hydrogen-bond donors (Lipinski definition) is 2. The van der Waals surface area contributed by atoms with Gasteiger partial charge in [-0.15, -0.1) is 0 Å². The van der Waals surface area contributed by atoms with Crippen LogP contribution < -0.4 is 0 Å². The molecule has 1 aromatic rings. The van der Waals surface area contributed by atoms with E-state index in [1.807, 2.05) is 0 Å². The van der Waals surface area contributed by atoms with Crippen molar-refractivity contribution in [2.45, 2.75) is 26.3 Å². The van der Waals surface area contributed by atoms with E-state index in [1.165, 1.54) is 0 Å². The third-order valence-electron chi connectivity index (χ3n) is 3.92.